The number of aliphatic hydroxyl groups is 1. The number of anilines is 1. The first kappa shape index (κ1) is 24.8. The number of rotatable bonds is 5. The highest BCUT2D eigenvalue weighted by Gasteiger charge is 2.48. The lowest BCUT2D eigenvalue weighted by Crippen LogP contribution is -2.51. The van der Waals surface area contributed by atoms with Crippen LogP contribution in [-0.4, -0.2) is 64.6 Å². The summed E-state index contributed by atoms with van der Waals surface area (Å²) in [5.41, 5.74) is 8.91. The highest BCUT2D eigenvalue weighted by molar-refractivity contribution is 7.99. The molecule has 1 spiro atoms. The van der Waals surface area contributed by atoms with Crippen LogP contribution in [0.4, 0.5) is 5.82 Å². The number of aromatic nitrogens is 3. The van der Waals surface area contributed by atoms with Crippen molar-refractivity contribution in [2.45, 2.75) is 80.2 Å². The normalized spacial score (nSPS) is 31.0. The van der Waals surface area contributed by atoms with E-state index in [1.54, 1.807) is 0 Å². The first-order valence-corrected chi connectivity index (χ1v) is 14.1. The monoisotopic (exact) mass is 531 g/mol. The van der Waals surface area contributed by atoms with Gasteiger partial charge in [0.15, 0.2) is 5.82 Å². The fourth-order valence-electron chi connectivity index (χ4n) is 6.49. The summed E-state index contributed by atoms with van der Waals surface area (Å²) in [6, 6.07) is 2.00. The Morgan fingerprint density at radius 3 is 2.69 bits per heavy atom. The largest absolute Gasteiger partial charge is 0.390 e. The van der Waals surface area contributed by atoms with Crippen LogP contribution >= 0.6 is 23.4 Å². The van der Waals surface area contributed by atoms with Gasteiger partial charge in [-0.25, -0.2) is 9.97 Å². The minimum atomic E-state index is -0.169. The molecule has 2 bridgehead atoms. The van der Waals surface area contributed by atoms with Gasteiger partial charge in [-0.1, -0.05) is 23.4 Å². The lowest BCUT2D eigenvalue weighted by molar-refractivity contribution is 0.0676. The molecule has 0 aromatic carbocycles. The van der Waals surface area contributed by atoms with E-state index in [4.69, 9.17) is 36.8 Å². The van der Waals surface area contributed by atoms with Crippen LogP contribution in [0.5, 0.6) is 0 Å². The minimum absolute atomic E-state index is 0.0360. The molecule has 3 N–H and O–H groups in total. The fraction of sp³-hybridized carbons (Fsp3) is 0.654. The standard InChI is InChI=1S/C26H34ClN5O3S/c1-14-25(36-20-3-6-29-22(21(20)27)18-10-17-9-16(18)12-34-17)31-19(11-33)24(30-14)32-7-4-26(5-8-32)13-35-15(2)23(26)28/h3,6,15-18,23,33H,4-5,7-13,28H2,1-2H3/t15-,16-,17-,18?,23+/m0/s1. The number of aliphatic hydroxyl groups excluding tert-OH is 1. The van der Waals surface area contributed by atoms with Gasteiger partial charge in [0.25, 0.3) is 0 Å². The van der Waals surface area contributed by atoms with Gasteiger partial charge in [0.2, 0.25) is 0 Å². The molecule has 6 rings (SSSR count). The molecule has 3 saturated heterocycles. The third kappa shape index (κ3) is 4.22. The summed E-state index contributed by atoms with van der Waals surface area (Å²) in [5, 5.41) is 11.6. The molecule has 4 aliphatic rings. The van der Waals surface area contributed by atoms with E-state index in [0.29, 0.717) is 28.7 Å². The van der Waals surface area contributed by atoms with Crippen LogP contribution in [0.1, 0.15) is 55.6 Å². The van der Waals surface area contributed by atoms with E-state index in [9.17, 15) is 5.11 Å². The average molecular weight is 532 g/mol. The molecule has 0 amide bonds. The Morgan fingerprint density at radius 1 is 1.25 bits per heavy atom. The molecule has 5 heterocycles. The SMILES string of the molecule is Cc1nc(N2CCC3(CC2)CO[C@@H](C)[C@H]3N)c(CO)nc1Sc1ccnc(C2C[C@@H]3C[C@H]2CO3)c1Cl. The summed E-state index contributed by atoms with van der Waals surface area (Å²) in [5.74, 6) is 1.61. The Morgan fingerprint density at radius 2 is 2.06 bits per heavy atom. The molecule has 2 aromatic heterocycles. The molecule has 3 aliphatic heterocycles. The Hall–Kier alpha value is -1.49. The maximum atomic E-state index is 10.2. The zero-order valence-corrected chi connectivity index (χ0v) is 22.4. The van der Waals surface area contributed by atoms with Crippen molar-refractivity contribution in [3.63, 3.8) is 0 Å². The quantitative estimate of drug-likeness (QED) is 0.597. The molecule has 8 nitrogen and oxygen atoms in total. The Balaban J connectivity index is 1.21. The second kappa shape index (κ2) is 9.67. The second-order valence-corrected chi connectivity index (χ2v) is 12.2. The van der Waals surface area contributed by atoms with E-state index in [1.165, 1.54) is 11.8 Å². The average Bonchev–Trinajstić information content (AvgIpc) is 3.59. The second-order valence-electron chi connectivity index (χ2n) is 10.8. The van der Waals surface area contributed by atoms with Gasteiger partial charge in [-0.05, 0) is 51.5 Å². The van der Waals surface area contributed by atoms with Crippen molar-refractivity contribution in [3.05, 3.63) is 34.4 Å². The molecule has 5 atom stereocenters. The van der Waals surface area contributed by atoms with Crippen molar-refractivity contribution in [1.29, 1.82) is 0 Å². The van der Waals surface area contributed by atoms with E-state index in [-0.39, 0.29) is 24.2 Å². The number of fused-ring (bicyclic) bond motifs is 2. The molecular formula is C26H34ClN5O3S. The summed E-state index contributed by atoms with van der Waals surface area (Å²) in [6.07, 6.45) is 6.26. The molecule has 1 unspecified atom stereocenters. The van der Waals surface area contributed by atoms with E-state index in [0.717, 1.165) is 79.1 Å². The Kier molecular flexibility index (Phi) is 6.67. The molecule has 10 heteroatoms. The van der Waals surface area contributed by atoms with Crippen LogP contribution in [0.3, 0.4) is 0 Å². The maximum Gasteiger partial charge on any atom is 0.153 e. The number of nitrogens with zero attached hydrogens (tertiary/aromatic N) is 4. The van der Waals surface area contributed by atoms with Gasteiger partial charge in [-0.2, -0.15) is 0 Å². The van der Waals surface area contributed by atoms with Crippen LogP contribution < -0.4 is 10.6 Å². The number of nitrogens with two attached hydrogens (primary N) is 1. The predicted octanol–water partition coefficient (Wildman–Crippen LogP) is 3.70. The van der Waals surface area contributed by atoms with Crippen LogP contribution in [0, 0.1) is 18.3 Å². The fourth-order valence-corrected chi connectivity index (χ4v) is 7.74. The number of ether oxygens (including phenoxy) is 2. The zero-order valence-electron chi connectivity index (χ0n) is 20.8. The molecule has 194 valence electrons. The minimum Gasteiger partial charge on any atom is -0.390 e. The van der Waals surface area contributed by atoms with Gasteiger partial charge in [-0.15, -0.1) is 0 Å². The number of piperidine rings is 1. The molecule has 1 aliphatic carbocycles. The highest BCUT2D eigenvalue weighted by Crippen LogP contribution is 2.49. The first-order valence-electron chi connectivity index (χ1n) is 12.9. The third-order valence-electron chi connectivity index (χ3n) is 8.77. The van der Waals surface area contributed by atoms with Crippen LogP contribution in [0.2, 0.25) is 5.02 Å². The Labute approximate surface area is 221 Å². The molecule has 2 aromatic rings. The number of hydrogen-bond acceptors (Lipinski definition) is 9. The van der Waals surface area contributed by atoms with E-state index in [1.807, 2.05) is 19.2 Å². The number of hydrogen-bond donors (Lipinski definition) is 2. The maximum absolute atomic E-state index is 10.2. The predicted molar refractivity (Wildman–Crippen MR) is 139 cm³/mol. The van der Waals surface area contributed by atoms with Gasteiger partial charge in [0.1, 0.15) is 10.7 Å². The van der Waals surface area contributed by atoms with Crippen molar-refractivity contribution in [2.75, 3.05) is 31.2 Å². The van der Waals surface area contributed by atoms with Crippen LogP contribution in [-0.2, 0) is 16.1 Å². The van der Waals surface area contributed by atoms with Crippen molar-refractivity contribution in [3.8, 4) is 0 Å². The summed E-state index contributed by atoms with van der Waals surface area (Å²) < 4.78 is 11.6. The summed E-state index contributed by atoms with van der Waals surface area (Å²) in [6.45, 7) is 7.03. The zero-order chi connectivity index (χ0) is 25.0. The van der Waals surface area contributed by atoms with Gasteiger partial charge < -0.3 is 25.2 Å². The Bertz CT molecular complexity index is 1140. The van der Waals surface area contributed by atoms with Gasteiger partial charge in [0.05, 0.1) is 48.4 Å². The summed E-state index contributed by atoms with van der Waals surface area (Å²) >= 11 is 8.38. The molecule has 1 saturated carbocycles. The smallest absolute Gasteiger partial charge is 0.153 e. The summed E-state index contributed by atoms with van der Waals surface area (Å²) in [4.78, 5) is 17.6. The third-order valence-corrected chi connectivity index (χ3v) is 10.4. The van der Waals surface area contributed by atoms with Gasteiger partial charge >= 0.3 is 0 Å². The lowest BCUT2D eigenvalue weighted by atomic mass is 9.73. The molecule has 0 radical (unpaired) electrons. The van der Waals surface area contributed by atoms with Crippen LogP contribution in [0.15, 0.2) is 22.2 Å². The lowest BCUT2D eigenvalue weighted by Gasteiger charge is -2.42. The van der Waals surface area contributed by atoms with Crippen LogP contribution in [0.25, 0.3) is 0 Å². The first-order chi connectivity index (χ1) is 17.4. The van der Waals surface area contributed by atoms with Crippen molar-refractivity contribution < 1.29 is 14.6 Å². The van der Waals surface area contributed by atoms with E-state index in [2.05, 4.69) is 16.8 Å². The van der Waals surface area contributed by atoms with E-state index < -0.39 is 0 Å². The topological polar surface area (TPSA) is 107 Å². The van der Waals surface area contributed by atoms with Gasteiger partial charge in [-0.3, -0.25) is 4.98 Å². The highest BCUT2D eigenvalue weighted by atomic mass is 35.5. The number of pyridine rings is 1. The number of aryl methyl sites for hydroxylation is 1. The molecule has 36 heavy (non-hydrogen) atoms. The summed E-state index contributed by atoms with van der Waals surface area (Å²) in [7, 11) is 0. The van der Waals surface area contributed by atoms with E-state index >= 15 is 0 Å². The van der Waals surface area contributed by atoms with Crippen molar-refractivity contribution in [2.24, 2.45) is 17.1 Å². The molecular weight excluding hydrogens is 498 g/mol. The van der Waals surface area contributed by atoms with Crippen molar-refractivity contribution in [1.82, 2.24) is 15.0 Å². The number of halogens is 1. The van der Waals surface area contributed by atoms with Gasteiger partial charge in [0, 0.05) is 41.6 Å². The van der Waals surface area contributed by atoms with Crippen molar-refractivity contribution >= 4 is 29.2 Å². The molecule has 4 fully saturated rings.